The summed E-state index contributed by atoms with van der Waals surface area (Å²) in [6.07, 6.45) is 3.76. The molecule has 1 aromatic carbocycles. The first-order valence-corrected chi connectivity index (χ1v) is 8.07. The molecule has 0 radical (unpaired) electrons. The first-order valence-electron chi connectivity index (χ1n) is 7.44. The number of nitrogens with one attached hydrogen (secondary N) is 1. The summed E-state index contributed by atoms with van der Waals surface area (Å²) in [5.74, 6) is 0.768. The molecule has 1 aliphatic rings. The van der Waals surface area contributed by atoms with Gasteiger partial charge >= 0.3 is 0 Å². The Hall–Kier alpha value is -1.00. The van der Waals surface area contributed by atoms with Gasteiger partial charge in [-0.2, -0.15) is 12.6 Å². The fourth-order valence-electron chi connectivity index (χ4n) is 2.63. The van der Waals surface area contributed by atoms with Gasteiger partial charge in [-0.05, 0) is 30.6 Å². The minimum Gasteiger partial charge on any atom is -0.353 e. The van der Waals surface area contributed by atoms with E-state index in [1.807, 2.05) is 0 Å². The van der Waals surface area contributed by atoms with Crippen LogP contribution in [0.5, 0.6) is 0 Å². The molecule has 0 saturated carbocycles. The van der Waals surface area contributed by atoms with Crippen molar-refractivity contribution in [3.63, 3.8) is 0 Å². The van der Waals surface area contributed by atoms with E-state index in [4.69, 9.17) is 0 Å². The highest BCUT2D eigenvalue weighted by Crippen LogP contribution is 2.11. The van der Waals surface area contributed by atoms with Crippen molar-refractivity contribution in [2.75, 3.05) is 25.4 Å². The van der Waals surface area contributed by atoms with Gasteiger partial charge in [-0.1, -0.05) is 30.3 Å². The van der Waals surface area contributed by atoms with Gasteiger partial charge in [0.05, 0.1) is 0 Å². The Morgan fingerprint density at radius 2 is 1.95 bits per heavy atom. The van der Waals surface area contributed by atoms with E-state index in [9.17, 15) is 4.79 Å². The first kappa shape index (κ1) is 15.4. The van der Waals surface area contributed by atoms with Gasteiger partial charge in [0.1, 0.15) is 0 Å². The molecule has 1 aliphatic heterocycles. The summed E-state index contributed by atoms with van der Waals surface area (Å²) in [7, 11) is 0. The summed E-state index contributed by atoms with van der Waals surface area (Å²) in [5, 5.41) is 3.10. The van der Waals surface area contributed by atoms with Crippen LogP contribution in [-0.2, 0) is 11.2 Å². The molecular formula is C16H24N2OS. The number of benzene rings is 1. The molecule has 0 atom stereocenters. The number of carbonyl (C=O) groups is 1. The Balaban J connectivity index is 1.65. The van der Waals surface area contributed by atoms with E-state index in [1.54, 1.807) is 0 Å². The van der Waals surface area contributed by atoms with Gasteiger partial charge in [-0.25, -0.2) is 0 Å². The molecule has 1 heterocycles. The highest BCUT2D eigenvalue weighted by Gasteiger charge is 2.19. The van der Waals surface area contributed by atoms with Crippen LogP contribution >= 0.6 is 12.6 Å². The third-order valence-corrected chi connectivity index (χ3v) is 4.07. The maximum absolute atomic E-state index is 11.5. The fraction of sp³-hybridized carbons (Fsp3) is 0.562. The molecule has 1 amide bonds. The molecule has 1 aromatic rings. The van der Waals surface area contributed by atoms with Crippen molar-refractivity contribution in [1.82, 2.24) is 10.2 Å². The molecular weight excluding hydrogens is 268 g/mol. The molecule has 2 rings (SSSR count). The minimum absolute atomic E-state index is 0.141. The van der Waals surface area contributed by atoms with Crippen LogP contribution in [-0.4, -0.2) is 42.2 Å². The lowest BCUT2D eigenvalue weighted by Gasteiger charge is -2.32. The molecule has 1 saturated heterocycles. The molecule has 4 heteroatoms. The van der Waals surface area contributed by atoms with E-state index in [0.29, 0.717) is 18.2 Å². The van der Waals surface area contributed by atoms with Crippen LogP contribution in [0, 0.1) is 0 Å². The Bertz CT molecular complexity index is 402. The number of thiol groups is 1. The van der Waals surface area contributed by atoms with E-state index < -0.39 is 0 Å². The quantitative estimate of drug-likeness (QED) is 0.787. The topological polar surface area (TPSA) is 32.3 Å². The van der Waals surface area contributed by atoms with Crippen molar-refractivity contribution in [3.8, 4) is 0 Å². The minimum atomic E-state index is 0.141. The molecule has 0 aromatic heterocycles. The second-order valence-electron chi connectivity index (χ2n) is 5.39. The van der Waals surface area contributed by atoms with Crippen LogP contribution < -0.4 is 5.32 Å². The van der Waals surface area contributed by atoms with Crippen molar-refractivity contribution < 1.29 is 4.79 Å². The van der Waals surface area contributed by atoms with Gasteiger partial charge in [0.15, 0.2) is 0 Å². The zero-order valence-corrected chi connectivity index (χ0v) is 12.8. The third-order valence-electron chi connectivity index (χ3n) is 3.85. The van der Waals surface area contributed by atoms with Gasteiger partial charge in [-0.15, -0.1) is 0 Å². The summed E-state index contributed by atoms with van der Waals surface area (Å²) in [4.78, 5) is 14.0. The Morgan fingerprint density at radius 1 is 1.25 bits per heavy atom. The lowest BCUT2D eigenvalue weighted by atomic mass is 10.0. The molecule has 0 bridgehead atoms. The molecule has 20 heavy (non-hydrogen) atoms. The Labute approximate surface area is 127 Å². The molecule has 3 nitrogen and oxygen atoms in total. The zero-order valence-electron chi connectivity index (χ0n) is 11.9. The average molecular weight is 292 g/mol. The van der Waals surface area contributed by atoms with Crippen molar-refractivity contribution in [3.05, 3.63) is 35.9 Å². The number of likely N-dealkylation sites (tertiary alicyclic amines) is 1. The number of amides is 1. The van der Waals surface area contributed by atoms with Crippen molar-refractivity contribution >= 4 is 18.5 Å². The number of hydrogen-bond acceptors (Lipinski definition) is 3. The summed E-state index contributed by atoms with van der Waals surface area (Å²) >= 11 is 4.09. The fourth-order valence-corrected chi connectivity index (χ4v) is 2.84. The van der Waals surface area contributed by atoms with Crippen LogP contribution in [0.2, 0.25) is 0 Å². The Kier molecular flexibility index (Phi) is 6.40. The first-order chi connectivity index (χ1) is 9.78. The maximum Gasteiger partial charge on any atom is 0.221 e. The van der Waals surface area contributed by atoms with Gasteiger partial charge < -0.3 is 10.2 Å². The molecule has 1 N–H and O–H groups in total. The third kappa shape index (κ3) is 5.17. The molecule has 0 spiro atoms. The standard InChI is InChI=1S/C16H24N2OS/c19-16(9-13-20)17-15-7-11-18(12-8-15)10-6-14-4-2-1-3-5-14/h1-5,15,20H,6-13H2,(H,17,19). The van der Waals surface area contributed by atoms with E-state index in [2.05, 4.69) is 53.2 Å². The van der Waals surface area contributed by atoms with Crippen LogP contribution in [0.3, 0.4) is 0 Å². The van der Waals surface area contributed by atoms with Crippen LogP contribution in [0.4, 0.5) is 0 Å². The number of rotatable bonds is 6. The lowest BCUT2D eigenvalue weighted by molar-refractivity contribution is -0.121. The zero-order chi connectivity index (χ0) is 14.2. The normalized spacial score (nSPS) is 17.1. The van der Waals surface area contributed by atoms with Gasteiger partial charge in [0.25, 0.3) is 0 Å². The van der Waals surface area contributed by atoms with Gasteiger partial charge in [-0.3, -0.25) is 4.79 Å². The summed E-state index contributed by atoms with van der Waals surface area (Å²) in [6, 6.07) is 11.0. The second kappa shape index (κ2) is 8.32. The highest BCUT2D eigenvalue weighted by molar-refractivity contribution is 7.80. The molecule has 0 unspecified atom stereocenters. The number of nitrogens with zero attached hydrogens (tertiary/aromatic N) is 1. The van der Waals surface area contributed by atoms with E-state index in [1.165, 1.54) is 5.56 Å². The summed E-state index contributed by atoms with van der Waals surface area (Å²) in [6.45, 7) is 3.28. The summed E-state index contributed by atoms with van der Waals surface area (Å²) in [5.41, 5.74) is 1.40. The van der Waals surface area contributed by atoms with Crippen LogP contribution in [0.1, 0.15) is 24.8 Å². The average Bonchev–Trinajstić information content (AvgIpc) is 2.48. The highest BCUT2D eigenvalue weighted by atomic mass is 32.1. The predicted octanol–water partition coefficient (Wildman–Crippen LogP) is 2.13. The van der Waals surface area contributed by atoms with Crippen molar-refractivity contribution in [2.45, 2.75) is 31.7 Å². The van der Waals surface area contributed by atoms with Crippen molar-refractivity contribution in [1.29, 1.82) is 0 Å². The smallest absolute Gasteiger partial charge is 0.221 e. The summed E-state index contributed by atoms with van der Waals surface area (Å²) < 4.78 is 0. The van der Waals surface area contributed by atoms with Crippen LogP contribution in [0.25, 0.3) is 0 Å². The monoisotopic (exact) mass is 292 g/mol. The molecule has 110 valence electrons. The number of hydrogen-bond donors (Lipinski definition) is 2. The largest absolute Gasteiger partial charge is 0.353 e. The van der Waals surface area contributed by atoms with Gasteiger partial charge in [0, 0.05) is 32.1 Å². The van der Waals surface area contributed by atoms with Crippen molar-refractivity contribution in [2.24, 2.45) is 0 Å². The SMILES string of the molecule is O=C(CCS)NC1CCN(CCc2ccccc2)CC1. The molecule has 1 fully saturated rings. The maximum atomic E-state index is 11.5. The lowest BCUT2D eigenvalue weighted by Crippen LogP contribution is -2.45. The van der Waals surface area contributed by atoms with Crippen LogP contribution in [0.15, 0.2) is 30.3 Å². The van der Waals surface area contributed by atoms with E-state index >= 15 is 0 Å². The predicted molar refractivity (Wildman–Crippen MR) is 86.2 cm³/mol. The van der Waals surface area contributed by atoms with E-state index in [0.717, 1.165) is 38.9 Å². The number of carbonyl (C=O) groups excluding carboxylic acids is 1. The second-order valence-corrected chi connectivity index (χ2v) is 5.84. The van der Waals surface area contributed by atoms with E-state index in [-0.39, 0.29) is 5.91 Å². The Morgan fingerprint density at radius 3 is 2.60 bits per heavy atom. The molecule has 0 aliphatic carbocycles. The van der Waals surface area contributed by atoms with Gasteiger partial charge in [0.2, 0.25) is 5.91 Å². The number of piperidine rings is 1.